The molecule has 0 unspecified atom stereocenters. The zero-order chi connectivity index (χ0) is 12.0. The van der Waals surface area contributed by atoms with Gasteiger partial charge in [0.25, 0.3) is 0 Å². The van der Waals surface area contributed by atoms with Gasteiger partial charge in [-0.2, -0.15) is 0 Å². The molecule has 92 valence electrons. The van der Waals surface area contributed by atoms with Crippen molar-refractivity contribution in [2.75, 3.05) is 25.2 Å². The Bertz CT molecular complexity index is 411. The molecule has 4 nitrogen and oxygen atoms in total. The summed E-state index contributed by atoms with van der Waals surface area (Å²) in [6.45, 7) is 2.85. The van der Waals surface area contributed by atoms with Gasteiger partial charge in [-0.1, -0.05) is 6.92 Å². The normalized spacial score (nSPS) is 11.6. The molecule has 1 aromatic heterocycles. The summed E-state index contributed by atoms with van der Waals surface area (Å²) < 4.78 is 27.5. The Morgan fingerprint density at radius 2 is 2.19 bits per heavy atom. The van der Waals surface area contributed by atoms with Crippen LogP contribution in [0.15, 0.2) is 12.1 Å². The van der Waals surface area contributed by atoms with E-state index in [0.29, 0.717) is 13.1 Å². The van der Waals surface area contributed by atoms with Gasteiger partial charge in [-0.05, 0) is 12.1 Å². The van der Waals surface area contributed by atoms with E-state index in [0.717, 1.165) is 9.94 Å². The fourth-order valence-electron chi connectivity index (χ4n) is 1.15. The molecular weight excluding hydrogens is 246 g/mol. The van der Waals surface area contributed by atoms with Gasteiger partial charge in [0.2, 0.25) is 0 Å². The van der Waals surface area contributed by atoms with E-state index in [2.05, 4.69) is 5.32 Å². The second-order valence-electron chi connectivity index (χ2n) is 3.34. The molecule has 0 saturated heterocycles. The average molecular weight is 263 g/mol. The number of sulfone groups is 1. The molecule has 1 rings (SSSR count). The van der Waals surface area contributed by atoms with E-state index in [9.17, 15) is 8.42 Å². The van der Waals surface area contributed by atoms with Crippen LogP contribution in [0, 0.1) is 0 Å². The number of methoxy groups -OCH3 is 1. The molecule has 16 heavy (non-hydrogen) atoms. The molecule has 0 fully saturated rings. The number of thiophene rings is 1. The standard InChI is InChI=1S/C10H17NO3S2/c1-3-16(12,13)7-6-11-8-9-4-5-10(14-2)15-9/h4-5,11H,3,6-8H2,1-2H3. The Hall–Kier alpha value is -0.590. The lowest BCUT2D eigenvalue weighted by molar-refractivity contribution is 0.427. The molecule has 0 aliphatic rings. The Morgan fingerprint density at radius 1 is 1.44 bits per heavy atom. The third kappa shape index (κ3) is 4.51. The minimum atomic E-state index is -2.86. The monoisotopic (exact) mass is 263 g/mol. The van der Waals surface area contributed by atoms with Crippen LogP contribution < -0.4 is 10.1 Å². The first-order valence-electron chi connectivity index (χ1n) is 5.11. The smallest absolute Gasteiger partial charge is 0.173 e. The van der Waals surface area contributed by atoms with Crippen LogP contribution in [0.3, 0.4) is 0 Å². The van der Waals surface area contributed by atoms with E-state index >= 15 is 0 Å². The van der Waals surface area contributed by atoms with Gasteiger partial charge in [-0.15, -0.1) is 11.3 Å². The predicted octanol–water partition coefficient (Wildman–Crippen LogP) is 1.28. The first-order chi connectivity index (χ1) is 7.57. The van der Waals surface area contributed by atoms with E-state index in [4.69, 9.17) is 4.74 Å². The van der Waals surface area contributed by atoms with Crippen LogP contribution in [0.25, 0.3) is 0 Å². The Kier molecular flexibility index (Phi) is 5.24. The Morgan fingerprint density at radius 3 is 2.75 bits per heavy atom. The van der Waals surface area contributed by atoms with Crippen molar-refractivity contribution in [1.82, 2.24) is 5.32 Å². The lowest BCUT2D eigenvalue weighted by Gasteiger charge is -2.02. The summed E-state index contributed by atoms with van der Waals surface area (Å²) in [6.07, 6.45) is 0. The summed E-state index contributed by atoms with van der Waals surface area (Å²) in [5, 5.41) is 3.98. The Balaban J connectivity index is 2.26. The quantitative estimate of drug-likeness (QED) is 0.753. The summed E-state index contributed by atoms with van der Waals surface area (Å²) in [7, 11) is -1.22. The SMILES string of the molecule is CCS(=O)(=O)CCNCc1ccc(OC)s1. The number of ether oxygens (including phenoxy) is 1. The van der Waals surface area contributed by atoms with Crippen molar-refractivity contribution < 1.29 is 13.2 Å². The van der Waals surface area contributed by atoms with Crippen LogP contribution >= 0.6 is 11.3 Å². The van der Waals surface area contributed by atoms with Crippen molar-refractivity contribution in [2.24, 2.45) is 0 Å². The number of hydrogen-bond acceptors (Lipinski definition) is 5. The lowest BCUT2D eigenvalue weighted by Crippen LogP contribution is -2.23. The minimum Gasteiger partial charge on any atom is -0.487 e. The molecule has 0 aromatic carbocycles. The van der Waals surface area contributed by atoms with E-state index < -0.39 is 9.84 Å². The topological polar surface area (TPSA) is 55.4 Å². The molecule has 1 N–H and O–H groups in total. The second-order valence-corrected chi connectivity index (χ2v) is 6.94. The van der Waals surface area contributed by atoms with Crippen molar-refractivity contribution in [3.8, 4) is 5.06 Å². The van der Waals surface area contributed by atoms with Crippen LogP contribution in [0.2, 0.25) is 0 Å². The van der Waals surface area contributed by atoms with Crippen molar-refractivity contribution in [1.29, 1.82) is 0 Å². The van der Waals surface area contributed by atoms with E-state index in [-0.39, 0.29) is 11.5 Å². The van der Waals surface area contributed by atoms with Crippen LogP contribution in [-0.2, 0) is 16.4 Å². The zero-order valence-electron chi connectivity index (χ0n) is 9.52. The van der Waals surface area contributed by atoms with Crippen LogP contribution in [-0.4, -0.2) is 33.6 Å². The van der Waals surface area contributed by atoms with Gasteiger partial charge in [0.1, 0.15) is 0 Å². The summed E-state index contributed by atoms with van der Waals surface area (Å²) in [6, 6.07) is 3.88. The van der Waals surface area contributed by atoms with Gasteiger partial charge in [-0.25, -0.2) is 8.42 Å². The molecule has 0 radical (unpaired) electrons. The molecule has 1 heterocycles. The highest BCUT2D eigenvalue weighted by molar-refractivity contribution is 7.91. The third-order valence-corrected chi connectivity index (χ3v) is 4.92. The number of nitrogens with one attached hydrogen (secondary N) is 1. The van der Waals surface area contributed by atoms with Crippen molar-refractivity contribution in [3.05, 3.63) is 17.0 Å². The fraction of sp³-hybridized carbons (Fsp3) is 0.600. The van der Waals surface area contributed by atoms with Gasteiger partial charge in [-0.3, -0.25) is 0 Å². The first-order valence-corrected chi connectivity index (χ1v) is 7.75. The molecule has 0 aliphatic carbocycles. The molecular formula is C10H17NO3S2. The second kappa shape index (κ2) is 6.22. The summed E-state index contributed by atoms with van der Waals surface area (Å²) >= 11 is 1.56. The maximum absolute atomic E-state index is 11.2. The zero-order valence-corrected chi connectivity index (χ0v) is 11.2. The lowest BCUT2D eigenvalue weighted by atomic mass is 10.4. The summed E-state index contributed by atoms with van der Waals surface area (Å²) in [5.41, 5.74) is 0. The molecule has 1 aromatic rings. The van der Waals surface area contributed by atoms with Gasteiger partial charge < -0.3 is 10.1 Å². The van der Waals surface area contributed by atoms with Gasteiger partial charge in [0, 0.05) is 23.7 Å². The maximum atomic E-state index is 11.2. The minimum absolute atomic E-state index is 0.200. The molecule has 0 amide bonds. The third-order valence-electron chi connectivity index (χ3n) is 2.17. The largest absolute Gasteiger partial charge is 0.487 e. The van der Waals surface area contributed by atoms with E-state index in [1.165, 1.54) is 0 Å². The molecule has 0 spiro atoms. The maximum Gasteiger partial charge on any atom is 0.173 e. The predicted molar refractivity (Wildman–Crippen MR) is 66.9 cm³/mol. The fourth-order valence-corrected chi connectivity index (χ4v) is 2.68. The first kappa shape index (κ1) is 13.5. The Labute approximate surface area is 101 Å². The van der Waals surface area contributed by atoms with Crippen LogP contribution in [0.5, 0.6) is 5.06 Å². The van der Waals surface area contributed by atoms with Gasteiger partial charge in [0.15, 0.2) is 14.9 Å². The molecule has 6 heteroatoms. The molecule has 0 bridgehead atoms. The molecule has 0 aliphatic heterocycles. The van der Waals surface area contributed by atoms with Crippen molar-refractivity contribution in [3.63, 3.8) is 0 Å². The van der Waals surface area contributed by atoms with Crippen molar-refractivity contribution in [2.45, 2.75) is 13.5 Å². The number of hydrogen-bond donors (Lipinski definition) is 1. The van der Waals surface area contributed by atoms with Crippen LogP contribution in [0.4, 0.5) is 0 Å². The van der Waals surface area contributed by atoms with E-state index in [1.807, 2.05) is 12.1 Å². The average Bonchev–Trinajstić information content (AvgIpc) is 2.72. The highest BCUT2D eigenvalue weighted by atomic mass is 32.2. The molecule has 0 saturated carbocycles. The summed E-state index contributed by atoms with van der Waals surface area (Å²) in [5.74, 6) is 0.410. The van der Waals surface area contributed by atoms with Crippen molar-refractivity contribution >= 4 is 21.2 Å². The van der Waals surface area contributed by atoms with Gasteiger partial charge >= 0.3 is 0 Å². The highest BCUT2D eigenvalue weighted by Gasteiger charge is 2.06. The van der Waals surface area contributed by atoms with Gasteiger partial charge in [0.05, 0.1) is 12.9 Å². The number of rotatable bonds is 7. The summed E-state index contributed by atoms with van der Waals surface area (Å²) in [4.78, 5) is 1.14. The van der Waals surface area contributed by atoms with E-state index in [1.54, 1.807) is 25.4 Å². The van der Waals surface area contributed by atoms with Crippen LogP contribution in [0.1, 0.15) is 11.8 Å². The highest BCUT2D eigenvalue weighted by Crippen LogP contribution is 2.23. The molecule has 0 atom stereocenters.